The maximum atomic E-state index is 10.9. The van der Waals surface area contributed by atoms with E-state index < -0.39 is 5.97 Å². The summed E-state index contributed by atoms with van der Waals surface area (Å²) in [6.45, 7) is 1.81. The van der Waals surface area contributed by atoms with E-state index in [1.807, 2.05) is 18.2 Å². The molecule has 0 saturated heterocycles. The van der Waals surface area contributed by atoms with Gasteiger partial charge in [-0.3, -0.25) is 4.79 Å². The molecule has 0 spiro atoms. The SMILES string of the molecule is Cc1nc2c(C3(CC(=O)O)CC3)cccc2o1. The minimum absolute atomic E-state index is 0.179. The van der Waals surface area contributed by atoms with Crippen molar-refractivity contribution in [3.8, 4) is 0 Å². The number of benzene rings is 1. The molecule has 0 unspecified atom stereocenters. The van der Waals surface area contributed by atoms with Gasteiger partial charge in [0.2, 0.25) is 0 Å². The van der Waals surface area contributed by atoms with Gasteiger partial charge in [-0.2, -0.15) is 0 Å². The molecule has 0 atom stereocenters. The summed E-state index contributed by atoms with van der Waals surface area (Å²) in [4.78, 5) is 15.3. The number of rotatable bonds is 3. The molecule has 4 nitrogen and oxygen atoms in total. The highest BCUT2D eigenvalue weighted by atomic mass is 16.4. The fraction of sp³-hybridized carbons (Fsp3) is 0.385. The number of carboxylic acid groups (broad SMARTS) is 1. The summed E-state index contributed by atoms with van der Waals surface area (Å²) in [5.74, 6) is -0.127. The van der Waals surface area contributed by atoms with E-state index in [1.54, 1.807) is 6.92 Å². The number of aliphatic carboxylic acids is 1. The van der Waals surface area contributed by atoms with E-state index in [9.17, 15) is 4.79 Å². The Morgan fingerprint density at radius 3 is 2.94 bits per heavy atom. The molecule has 1 fully saturated rings. The van der Waals surface area contributed by atoms with Gasteiger partial charge in [0.05, 0.1) is 6.42 Å². The first-order chi connectivity index (χ1) is 8.11. The van der Waals surface area contributed by atoms with Crippen molar-refractivity contribution in [3.05, 3.63) is 29.7 Å². The molecule has 1 N–H and O–H groups in total. The number of hydrogen-bond acceptors (Lipinski definition) is 3. The summed E-state index contributed by atoms with van der Waals surface area (Å²) in [5, 5.41) is 8.98. The molecule has 3 rings (SSSR count). The van der Waals surface area contributed by atoms with E-state index in [1.165, 1.54) is 0 Å². The Hall–Kier alpha value is -1.84. The van der Waals surface area contributed by atoms with Gasteiger partial charge in [-0.25, -0.2) is 4.98 Å². The standard InChI is InChI=1S/C13H13NO3/c1-8-14-12-9(3-2-4-10(12)17-8)13(5-6-13)7-11(15)16/h2-4H,5-7H2,1H3,(H,15,16). The maximum Gasteiger partial charge on any atom is 0.304 e. The van der Waals surface area contributed by atoms with Gasteiger partial charge < -0.3 is 9.52 Å². The molecule has 2 aromatic rings. The first-order valence-corrected chi connectivity index (χ1v) is 5.69. The van der Waals surface area contributed by atoms with E-state index in [0.29, 0.717) is 5.89 Å². The highest BCUT2D eigenvalue weighted by Crippen LogP contribution is 2.52. The van der Waals surface area contributed by atoms with Crippen LogP contribution >= 0.6 is 0 Å². The largest absolute Gasteiger partial charge is 0.481 e. The average Bonchev–Trinajstić information content (AvgIpc) is 2.90. The van der Waals surface area contributed by atoms with Crippen LogP contribution in [-0.4, -0.2) is 16.1 Å². The molecular weight excluding hydrogens is 218 g/mol. The monoisotopic (exact) mass is 231 g/mol. The van der Waals surface area contributed by atoms with E-state index in [-0.39, 0.29) is 11.8 Å². The number of para-hydroxylation sites is 1. The second kappa shape index (κ2) is 3.32. The average molecular weight is 231 g/mol. The lowest BCUT2D eigenvalue weighted by Crippen LogP contribution is -2.13. The molecule has 1 aliphatic rings. The van der Waals surface area contributed by atoms with Crippen LogP contribution in [0.5, 0.6) is 0 Å². The second-order valence-electron chi connectivity index (χ2n) is 4.74. The van der Waals surface area contributed by atoms with Gasteiger partial charge in [-0.05, 0) is 24.5 Å². The number of fused-ring (bicyclic) bond motifs is 1. The fourth-order valence-corrected chi connectivity index (χ4v) is 2.47. The van der Waals surface area contributed by atoms with E-state index in [4.69, 9.17) is 9.52 Å². The molecule has 1 heterocycles. The quantitative estimate of drug-likeness (QED) is 0.882. The molecule has 17 heavy (non-hydrogen) atoms. The number of aryl methyl sites for hydroxylation is 1. The van der Waals surface area contributed by atoms with Crippen LogP contribution in [-0.2, 0) is 10.2 Å². The van der Waals surface area contributed by atoms with Gasteiger partial charge >= 0.3 is 5.97 Å². The van der Waals surface area contributed by atoms with Crippen molar-refractivity contribution in [1.82, 2.24) is 4.98 Å². The molecule has 88 valence electrons. The summed E-state index contributed by atoms with van der Waals surface area (Å²) in [6, 6.07) is 5.75. The molecule has 1 aromatic heterocycles. The zero-order valence-corrected chi connectivity index (χ0v) is 9.56. The van der Waals surface area contributed by atoms with E-state index in [0.717, 1.165) is 29.5 Å². The van der Waals surface area contributed by atoms with Gasteiger partial charge in [-0.1, -0.05) is 12.1 Å². The number of oxazole rings is 1. The molecule has 4 heteroatoms. The number of aromatic nitrogens is 1. The summed E-state index contributed by atoms with van der Waals surface area (Å²) in [6.07, 6.45) is 2.02. The third-order valence-corrected chi connectivity index (χ3v) is 3.44. The lowest BCUT2D eigenvalue weighted by Gasteiger charge is -2.12. The van der Waals surface area contributed by atoms with Gasteiger partial charge in [0, 0.05) is 12.3 Å². The summed E-state index contributed by atoms with van der Waals surface area (Å²) in [7, 11) is 0. The Balaban J connectivity index is 2.14. The Labute approximate surface area is 98.3 Å². The van der Waals surface area contributed by atoms with Crippen LogP contribution in [0.15, 0.2) is 22.6 Å². The van der Waals surface area contributed by atoms with Crippen molar-refractivity contribution in [3.63, 3.8) is 0 Å². The van der Waals surface area contributed by atoms with Crippen LogP contribution in [0.25, 0.3) is 11.1 Å². The highest BCUT2D eigenvalue weighted by molar-refractivity contribution is 5.80. The summed E-state index contributed by atoms with van der Waals surface area (Å²) >= 11 is 0. The number of nitrogens with zero attached hydrogens (tertiary/aromatic N) is 1. The smallest absolute Gasteiger partial charge is 0.304 e. The Morgan fingerprint density at radius 2 is 2.29 bits per heavy atom. The Bertz CT molecular complexity index is 596. The molecule has 0 bridgehead atoms. The first kappa shape index (κ1) is 10.3. The van der Waals surface area contributed by atoms with Crippen LogP contribution in [0.3, 0.4) is 0 Å². The van der Waals surface area contributed by atoms with E-state index in [2.05, 4.69) is 4.98 Å². The zero-order chi connectivity index (χ0) is 12.0. The molecule has 1 aliphatic carbocycles. The van der Waals surface area contributed by atoms with Gasteiger partial charge in [0.1, 0.15) is 5.52 Å². The minimum Gasteiger partial charge on any atom is -0.481 e. The second-order valence-corrected chi connectivity index (χ2v) is 4.74. The van der Waals surface area contributed by atoms with Crippen molar-refractivity contribution in [2.75, 3.05) is 0 Å². The topological polar surface area (TPSA) is 63.3 Å². The summed E-state index contributed by atoms with van der Waals surface area (Å²) < 4.78 is 5.48. The van der Waals surface area contributed by atoms with Gasteiger partial charge in [0.25, 0.3) is 0 Å². The van der Waals surface area contributed by atoms with Crippen LogP contribution < -0.4 is 0 Å². The van der Waals surface area contributed by atoms with Gasteiger partial charge in [-0.15, -0.1) is 0 Å². The van der Waals surface area contributed by atoms with Crippen molar-refractivity contribution in [2.45, 2.75) is 31.6 Å². The van der Waals surface area contributed by atoms with Crippen molar-refractivity contribution in [1.29, 1.82) is 0 Å². The Kier molecular flexibility index (Phi) is 2.02. The predicted molar refractivity (Wildman–Crippen MR) is 61.9 cm³/mol. The molecule has 0 aliphatic heterocycles. The normalized spacial score (nSPS) is 17.2. The third-order valence-electron chi connectivity index (χ3n) is 3.44. The minimum atomic E-state index is -0.750. The Morgan fingerprint density at radius 1 is 1.53 bits per heavy atom. The molecule has 0 radical (unpaired) electrons. The molecule has 0 amide bonds. The van der Waals surface area contributed by atoms with Crippen LogP contribution in [0, 0.1) is 6.92 Å². The molecular formula is C13H13NO3. The van der Waals surface area contributed by atoms with Crippen LogP contribution in [0.1, 0.15) is 30.7 Å². The predicted octanol–water partition coefficient (Wildman–Crippen LogP) is 2.64. The van der Waals surface area contributed by atoms with Crippen molar-refractivity contribution < 1.29 is 14.3 Å². The van der Waals surface area contributed by atoms with Gasteiger partial charge in [0.15, 0.2) is 11.5 Å². The molecule has 1 saturated carbocycles. The van der Waals surface area contributed by atoms with Crippen LogP contribution in [0.2, 0.25) is 0 Å². The number of carbonyl (C=O) groups is 1. The maximum absolute atomic E-state index is 10.9. The summed E-state index contributed by atoms with van der Waals surface area (Å²) in [5.41, 5.74) is 2.38. The van der Waals surface area contributed by atoms with Crippen LogP contribution in [0.4, 0.5) is 0 Å². The highest BCUT2D eigenvalue weighted by Gasteiger charge is 2.47. The van der Waals surface area contributed by atoms with E-state index >= 15 is 0 Å². The van der Waals surface area contributed by atoms with Crippen molar-refractivity contribution in [2.24, 2.45) is 0 Å². The lowest BCUT2D eigenvalue weighted by molar-refractivity contribution is -0.137. The lowest BCUT2D eigenvalue weighted by atomic mass is 9.91. The molecule has 1 aromatic carbocycles. The first-order valence-electron chi connectivity index (χ1n) is 5.69. The fourth-order valence-electron chi connectivity index (χ4n) is 2.47. The third kappa shape index (κ3) is 1.60. The van der Waals surface area contributed by atoms with Crippen molar-refractivity contribution >= 4 is 17.1 Å². The zero-order valence-electron chi connectivity index (χ0n) is 9.56. The number of hydrogen-bond donors (Lipinski definition) is 1. The number of carboxylic acids is 1.